The minimum absolute atomic E-state index is 0.0868. The molecule has 0 aliphatic rings. The molecule has 0 saturated heterocycles. The normalized spacial score (nSPS) is 10.5. The molecule has 0 spiro atoms. The van der Waals surface area contributed by atoms with Gasteiger partial charge in [-0.15, -0.1) is 0 Å². The second-order valence-electron chi connectivity index (χ2n) is 4.08. The first-order valence-electron chi connectivity index (χ1n) is 6.40. The molecule has 1 rings (SSSR count). The largest absolute Gasteiger partial charge is 0.493 e. The quantitative estimate of drug-likeness (QED) is 0.710. The van der Waals surface area contributed by atoms with Gasteiger partial charge in [0.1, 0.15) is 6.61 Å². The predicted molar refractivity (Wildman–Crippen MR) is 75.1 cm³/mol. The van der Waals surface area contributed by atoms with E-state index in [1.54, 1.807) is 12.1 Å². The highest BCUT2D eigenvalue weighted by atomic mass is 35.5. The second kappa shape index (κ2) is 9.02. The molecule has 0 atom stereocenters. The zero-order valence-electron chi connectivity index (χ0n) is 11.4. The van der Waals surface area contributed by atoms with Crippen LogP contribution in [-0.2, 0) is 11.3 Å². The van der Waals surface area contributed by atoms with Gasteiger partial charge in [0.05, 0.1) is 25.3 Å². The van der Waals surface area contributed by atoms with Crippen molar-refractivity contribution in [3.63, 3.8) is 0 Å². The van der Waals surface area contributed by atoms with Gasteiger partial charge in [0.2, 0.25) is 0 Å². The van der Waals surface area contributed by atoms with Crippen LogP contribution in [0.3, 0.4) is 0 Å². The average molecular weight is 289 g/mol. The molecule has 0 aromatic heterocycles. The minimum atomic E-state index is -0.0868. The first kappa shape index (κ1) is 16.1. The highest BCUT2D eigenvalue weighted by Crippen LogP contribution is 2.36. The van der Waals surface area contributed by atoms with Crippen LogP contribution in [0.15, 0.2) is 12.1 Å². The number of benzene rings is 1. The van der Waals surface area contributed by atoms with Gasteiger partial charge in [0.25, 0.3) is 0 Å². The lowest BCUT2D eigenvalue weighted by Gasteiger charge is -2.13. The molecule has 0 saturated carbocycles. The van der Waals surface area contributed by atoms with Crippen molar-refractivity contribution in [3.8, 4) is 11.5 Å². The molecule has 0 heterocycles. The van der Waals surface area contributed by atoms with Gasteiger partial charge < -0.3 is 19.3 Å². The number of hydrogen-bond acceptors (Lipinski definition) is 4. The Hall–Kier alpha value is -0.970. The fourth-order valence-electron chi connectivity index (χ4n) is 1.56. The Bertz CT molecular complexity index is 382. The fourth-order valence-corrected chi connectivity index (χ4v) is 1.84. The van der Waals surface area contributed by atoms with E-state index in [0.29, 0.717) is 35.3 Å². The first-order valence-corrected chi connectivity index (χ1v) is 6.78. The summed E-state index contributed by atoms with van der Waals surface area (Å²) in [5.41, 5.74) is 0.688. The molecule has 108 valence electrons. The Morgan fingerprint density at radius 2 is 2.00 bits per heavy atom. The van der Waals surface area contributed by atoms with Crippen molar-refractivity contribution in [1.29, 1.82) is 0 Å². The molecule has 0 aliphatic heterocycles. The predicted octanol–water partition coefficient (Wildman–Crippen LogP) is 3.04. The topological polar surface area (TPSA) is 47.9 Å². The van der Waals surface area contributed by atoms with Crippen molar-refractivity contribution in [2.24, 2.45) is 0 Å². The average Bonchev–Trinajstić information content (AvgIpc) is 2.43. The molecule has 4 nitrogen and oxygen atoms in total. The molecular formula is C14H21ClO4. The van der Waals surface area contributed by atoms with Crippen molar-refractivity contribution >= 4 is 11.6 Å². The van der Waals surface area contributed by atoms with Crippen LogP contribution in [0.5, 0.6) is 11.5 Å². The van der Waals surface area contributed by atoms with Gasteiger partial charge in [-0.05, 0) is 24.1 Å². The molecule has 0 bridgehead atoms. The highest BCUT2D eigenvalue weighted by Gasteiger charge is 2.11. The summed E-state index contributed by atoms with van der Waals surface area (Å²) >= 11 is 6.10. The van der Waals surface area contributed by atoms with Crippen molar-refractivity contribution in [3.05, 3.63) is 22.7 Å². The first-order chi connectivity index (χ1) is 9.22. The molecule has 1 aromatic carbocycles. The van der Waals surface area contributed by atoms with E-state index in [4.69, 9.17) is 30.9 Å². The summed E-state index contributed by atoms with van der Waals surface area (Å²) in [7, 11) is 1.54. The number of halogens is 1. The third kappa shape index (κ3) is 5.27. The number of hydrogen-bond donors (Lipinski definition) is 1. The summed E-state index contributed by atoms with van der Waals surface area (Å²) in [5, 5.41) is 9.52. The van der Waals surface area contributed by atoms with E-state index in [2.05, 4.69) is 6.92 Å². The number of methoxy groups -OCH3 is 1. The van der Waals surface area contributed by atoms with Gasteiger partial charge in [-0.2, -0.15) is 0 Å². The van der Waals surface area contributed by atoms with E-state index < -0.39 is 0 Å². The fraction of sp³-hybridized carbons (Fsp3) is 0.571. The molecule has 0 aliphatic carbocycles. The SMILES string of the molecule is CCCCOCCOc1c(Cl)cc(CO)cc1OC. The maximum absolute atomic E-state index is 9.09. The monoisotopic (exact) mass is 288 g/mol. The van der Waals surface area contributed by atoms with E-state index in [0.717, 1.165) is 19.4 Å². The molecule has 0 unspecified atom stereocenters. The van der Waals surface area contributed by atoms with Crippen molar-refractivity contribution in [2.75, 3.05) is 26.9 Å². The Labute approximate surface area is 119 Å². The molecule has 1 aromatic rings. The summed E-state index contributed by atoms with van der Waals surface area (Å²) in [5.74, 6) is 1.01. The van der Waals surface area contributed by atoms with Gasteiger partial charge in [-0.25, -0.2) is 0 Å². The Morgan fingerprint density at radius 1 is 1.21 bits per heavy atom. The molecular weight excluding hydrogens is 268 g/mol. The van der Waals surface area contributed by atoms with Crippen LogP contribution in [0.1, 0.15) is 25.3 Å². The lowest BCUT2D eigenvalue weighted by atomic mass is 10.2. The number of aliphatic hydroxyl groups is 1. The van der Waals surface area contributed by atoms with Gasteiger partial charge in [0, 0.05) is 6.61 Å². The Morgan fingerprint density at radius 3 is 2.63 bits per heavy atom. The Kier molecular flexibility index (Phi) is 7.63. The Balaban J connectivity index is 2.52. The van der Waals surface area contributed by atoms with Crippen molar-refractivity contribution in [2.45, 2.75) is 26.4 Å². The number of unbranched alkanes of at least 4 members (excludes halogenated alkanes) is 1. The van der Waals surface area contributed by atoms with E-state index in [1.807, 2.05) is 0 Å². The summed E-state index contributed by atoms with van der Waals surface area (Å²) in [6, 6.07) is 3.37. The van der Waals surface area contributed by atoms with Crippen LogP contribution in [0, 0.1) is 0 Å². The van der Waals surface area contributed by atoms with Gasteiger partial charge in [-0.3, -0.25) is 0 Å². The zero-order chi connectivity index (χ0) is 14.1. The van der Waals surface area contributed by atoms with Crippen molar-refractivity contribution < 1.29 is 19.3 Å². The van der Waals surface area contributed by atoms with Crippen LogP contribution in [0.4, 0.5) is 0 Å². The highest BCUT2D eigenvalue weighted by molar-refractivity contribution is 6.32. The lowest BCUT2D eigenvalue weighted by molar-refractivity contribution is 0.0970. The van der Waals surface area contributed by atoms with Crippen molar-refractivity contribution in [1.82, 2.24) is 0 Å². The molecule has 19 heavy (non-hydrogen) atoms. The van der Waals surface area contributed by atoms with E-state index >= 15 is 0 Å². The standard InChI is InChI=1S/C14H21ClO4/c1-3-4-5-18-6-7-19-14-12(15)8-11(10-16)9-13(14)17-2/h8-9,16H,3-7,10H2,1-2H3. The van der Waals surface area contributed by atoms with Crippen LogP contribution in [-0.4, -0.2) is 32.0 Å². The maximum Gasteiger partial charge on any atom is 0.179 e. The van der Waals surface area contributed by atoms with Crippen LogP contribution in [0.25, 0.3) is 0 Å². The van der Waals surface area contributed by atoms with Crippen LogP contribution in [0.2, 0.25) is 5.02 Å². The number of rotatable bonds is 9. The summed E-state index contributed by atoms with van der Waals surface area (Å²) in [4.78, 5) is 0. The van der Waals surface area contributed by atoms with Gasteiger partial charge in [-0.1, -0.05) is 24.9 Å². The number of ether oxygens (including phenoxy) is 3. The summed E-state index contributed by atoms with van der Waals surface area (Å²) in [6.45, 7) is 3.71. The maximum atomic E-state index is 9.09. The lowest BCUT2D eigenvalue weighted by Crippen LogP contribution is -2.08. The van der Waals surface area contributed by atoms with Crippen LogP contribution < -0.4 is 9.47 Å². The third-order valence-corrected chi connectivity index (χ3v) is 2.87. The molecule has 5 heteroatoms. The smallest absolute Gasteiger partial charge is 0.179 e. The molecule has 0 radical (unpaired) electrons. The molecule has 0 amide bonds. The summed E-state index contributed by atoms with van der Waals surface area (Å²) < 4.78 is 16.2. The molecule has 1 N–H and O–H groups in total. The second-order valence-corrected chi connectivity index (χ2v) is 4.49. The van der Waals surface area contributed by atoms with Gasteiger partial charge >= 0.3 is 0 Å². The number of aliphatic hydroxyl groups excluding tert-OH is 1. The summed E-state index contributed by atoms with van der Waals surface area (Å²) in [6.07, 6.45) is 2.17. The zero-order valence-corrected chi connectivity index (χ0v) is 12.2. The van der Waals surface area contributed by atoms with E-state index in [9.17, 15) is 0 Å². The third-order valence-electron chi connectivity index (χ3n) is 2.59. The van der Waals surface area contributed by atoms with E-state index in [1.165, 1.54) is 7.11 Å². The van der Waals surface area contributed by atoms with E-state index in [-0.39, 0.29) is 6.61 Å². The van der Waals surface area contributed by atoms with Crippen LogP contribution >= 0.6 is 11.6 Å². The molecule has 0 fully saturated rings. The minimum Gasteiger partial charge on any atom is -0.493 e. The van der Waals surface area contributed by atoms with Gasteiger partial charge in [0.15, 0.2) is 11.5 Å².